The zero-order valence-electron chi connectivity index (χ0n) is 15.3. The second kappa shape index (κ2) is 7.92. The molecule has 2 heterocycles. The second-order valence-electron chi connectivity index (χ2n) is 6.65. The van der Waals surface area contributed by atoms with Crippen LogP contribution in [-0.2, 0) is 16.4 Å². The highest BCUT2D eigenvalue weighted by Crippen LogP contribution is 2.29. The Bertz CT molecular complexity index is 1150. The highest BCUT2D eigenvalue weighted by molar-refractivity contribution is 7.93. The van der Waals surface area contributed by atoms with Gasteiger partial charge >= 0.3 is 0 Å². The van der Waals surface area contributed by atoms with E-state index in [1.54, 1.807) is 5.38 Å². The minimum absolute atomic E-state index is 0.00790. The molecule has 6 nitrogen and oxygen atoms in total. The summed E-state index contributed by atoms with van der Waals surface area (Å²) in [6.45, 7) is 0.228. The van der Waals surface area contributed by atoms with Crippen molar-refractivity contribution in [1.29, 1.82) is 0 Å². The van der Waals surface area contributed by atoms with E-state index in [1.165, 1.54) is 23.5 Å². The molecular weight excluding hydrogens is 413 g/mol. The number of hydrogen-bond donors (Lipinski definition) is 1. The Morgan fingerprint density at radius 1 is 1.21 bits per heavy atom. The number of aromatic nitrogens is 1. The lowest BCUT2D eigenvalue weighted by atomic mass is 10.2. The Hall–Kier alpha value is -2.78. The van der Waals surface area contributed by atoms with Crippen molar-refractivity contribution in [2.24, 2.45) is 0 Å². The van der Waals surface area contributed by atoms with E-state index in [-0.39, 0.29) is 23.7 Å². The molecular formula is C20H18FN3O3S2. The van der Waals surface area contributed by atoms with Crippen LogP contribution in [-0.4, -0.2) is 31.6 Å². The summed E-state index contributed by atoms with van der Waals surface area (Å²) in [6.07, 6.45) is 1.08. The van der Waals surface area contributed by atoms with Gasteiger partial charge in [-0.25, -0.2) is 17.8 Å². The smallest absolute Gasteiger partial charge is 0.275 e. The predicted octanol–water partition coefficient (Wildman–Crippen LogP) is 3.67. The largest absolute Gasteiger partial charge is 0.321 e. The molecule has 0 bridgehead atoms. The number of hydrogen-bond acceptors (Lipinski definition) is 5. The van der Waals surface area contributed by atoms with Crippen LogP contribution in [0.25, 0.3) is 0 Å². The Morgan fingerprint density at radius 3 is 2.72 bits per heavy atom. The van der Waals surface area contributed by atoms with Crippen molar-refractivity contribution in [2.75, 3.05) is 21.9 Å². The van der Waals surface area contributed by atoms with Crippen molar-refractivity contribution >= 4 is 38.6 Å². The molecule has 4 rings (SSSR count). The maximum Gasteiger partial charge on any atom is 0.275 e. The Kier molecular flexibility index (Phi) is 5.33. The summed E-state index contributed by atoms with van der Waals surface area (Å²) in [6, 6.07) is 13.7. The zero-order chi connectivity index (χ0) is 20.4. The fraction of sp³-hybridized carbons (Fsp3) is 0.200. The SMILES string of the molecule is O=C(Nc1ccc(F)c(N2CCCS2(=O)=O)c1)c1csc(Cc2ccccc2)n1. The molecule has 150 valence electrons. The number of carbonyl (C=O) groups excluding carboxylic acids is 1. The lowest BCUT2D eigenvalue weighted by Crippen LogP contribution is -2.26. The topological polar surface area (TPSA) is 79.4 Å². The first kappa shape index (κ1) is 19.5. The lowest BCUT2D eigenvalue weighted by molar-refractivity contribution is 0.102. The molecule has 3 aromatic rings. The molecule has 29 heavy (non-hydrogen) atoms. The first-order valence-electron chi connectivity index (χ1n) is 9.02. The minimum Gasteiger partial charge on any atom is -0.321 e. The minimum atomic E-state index is -3.52. The number of halogens is 1. The summed E-state index contributed by atoms with van der Waals surface area (Å²) >= 11 is 1.39. The average molecular weight is 432 g/mol. The number of nitrogens with one attached hydrogen (secondary N) is 1. The van der Waals surface area contributed by atoms with Crippen LogP contribution in [0.1, 0.15) is 27.5 Å². The maximum atomic E-state index is 14.2. The van der Waals surface area contributed by atoms with Gasteiger partial charge in [0.2, 0.25) is 10.0 Å². The first-order valence-corrected chi connectivity index (χ1v) is 11.5. The third kappa shape index (κ3) is 4.30. The molecule has 1 fully saturated rings. The summed E-state index contributed by atoms with van der Waals surface area (Å²) < 4.78 is 39.4. The fourth-order valence-electron chi connectivity index (χ4n) is 3.15. The molecule has 1 aliphatic heterocycles. The quantitative estimate of drug-likeness (QED) is 0.669. The van der Waals surface area contributed by atoms with E-state index in [4.69, 9.17) is 0 Å². The molecule has 0 unspecified atom stereocenters. The number of nitrogens with zero attached hydrogens (tertiary/aromatic N) is 2. The van der Waals surface area contributed by atoms with Crippen LogP contribution in [0.4, 0.5) is 15.8 Å². The monoisotopic (exact) mass is 431 g/mol. The van der Waals surface area contributed by atoms with Crippen molar-refractivity contribution < 1.29 is 17.6 Å². The lowest BCUT2D eigenvalue weighted by Gasteiger charge is -2.18. The second-order valence-corrected chi connectivity index (χ2v) is 9.61. The molecule has 1 saturated heterocycles. The molecule has 0 aliphatic carbocycles. The van der Waals surface area contributed by atoms with Gasteiger partial charge in [0.25, 0.3) is 5.91 Å². The molecule has 2 aromatic carbocycles. The van der Waals surface area contributed by atoms with Gasteiger partial charge in [-0.1, -0.05) is 30.3 Å². The van der Waals surface area contributed by atoms with Crippen molar-refractivity contribution in [1.82, 2.24) is 4.98 Å². The van der Waals surface area contributed by atoms with Crippen molar-refractivity contribution in [3.8, 4) is 0 Å². The van der Waals surface area contributed by atoms with Crippen molar-refractivity contribution in [3.05, 3.63) is 76.0 Å². The first-order chi connectivity index (χ1) is 13.9. The van der Waals surface area contributed by atoms with Gasteiger partial charge in [-0.05, 0) is 30.2 Å². The number of thiazole rings is 1. The molecule has 1 amide bonds. The molecule has 9 heteroatoms. The van der Waals surface area contributed by atoms with E-state index in [2.05, 4.69) is 10.3 Å². The normalized spacial score (nSPS) is 15.4. The number of benzene rings is 2. The van der Waals surface area contributed by atoms with Gasteiger partial charge in [0.05, 0.1) is 16.4 Å². The molecule has 1 N–H and O–H groups in total. The predicted molar refractivity (Wildman–Crippen MR) is 111 cm³/mol. The maximum absolute atomic E-state index is 14.2. The van der Waals surface area contributed by atoms with Crippen LogP contribution >= 0.6 is 11.3 Å². The number of amides is 1. The summed E-state index contributed by atoms with van der Waals surface area (Å²) in [5, 5.41) is 5.15. The van der Waals surface area contributed by atoms with Crippen LogP contribution in [0.3, 0.4) is 0 Å². The van der Waals surface area contributed by atoms with Crippen LogP contribution in [0.2, 0.25) is 0 Å². The number of sulfonamides is 1. The summed E-state index contributed by atoms with van der Waals surface area (Å²) in [7, 11) is -3.52. The molecule has 0 atom stereocenters. The average Bonchev–Trinajstić information content (AvgIpc) is 3.30. The van der Waals surface area contributed by atoms with Gasteiger partial charge in [-0.2, -0.15) is 0 Å². The number of anilines is 2. The van der Waals surface area contributed by atoms with Gasteiger partial charge in [-0.3, -0.25) is 9.10 Å². The van der Waals surface area contributed by atoms with Crippen LogP contribution in [0, 0.1) is 5.82 Å². The number of carbonyl (C=O) groups is 1. The van der Waals surface area contributed by atoms with Crippen LogP contribution in [0.5, 0.6) is 0 Å². The summed E-state index contributed by atoms with van der Waals surface area (Å²) in [4.78, 5) is 16.9. The van der Waals surface area contributed by atoms with E-state index >= 15 is 0 Å². The van der Waals surface area contributed by atoms with E-state index in [0.29, 0.717) is 18.5 Å². The van der Waals surface area contributed by atoms with Crippen LogP contribution < -0.4 is 9.62 Å². The van der Waals surface area contributed by atoms with Crippen molar-refractivity contribution in [3.63, 3.8) is 0 Å². The Labute approximate surface area is 172 Å². The fourth-order valence-corrected chi connectivity index (χ4v) is 5.52. The molecule has 1 aromatic heterocycles. The molecule has 0 radical (unpaired) electrons. The van der Waals surface area contributed by atoms with Crippen LogP contribution in [0.15, 0.2) is 53.9 Å². The van der Waals surface area contributed by atoms with E-state index in [1.807, 2.05) is 30.3 Å². The van der Waals surface area contributed by atoms with Gasteiger partial charge in [0.1, 0.15) is 11.5 Å². The highest BCUT2D eigenvalue weighted by Gasteiger charge is 2.30. The van der Waals surface area contributed by atoms with Gasteiger partial charge in [-0.15, -0.1) is 11.3 Å². The third-order valence-corrected chi connectivity index (χ3v) is 7.26. The van der Waals surface area contributed by atoms with E-state index in [0.717, 1.165) is 20.9 Å². The molecule has 1 aliphatic rings. The molecule has 0 spiro atoms. The summed E-state index contributed by atoms with van der Waals surface area (Å²) in [5.41, 5.74) is 1.62. The number of rotatable bonds is 5. The van der Waals surface area contributed by atoms with E-state index in [9.17, 15) is 17.6 Å². The Balaban J connectivity index is 1.50. The van der Waals surface area contributed by atoms with E-state index < -0.39 is 21.7 Å². The van der Waals surface area contributed by atoms with Crippen molar-refractivity contribution in [2.45, 2.75) is 12.8 Å². The standard InChI is InChI=1S/C20H18FN3O3S2/c21-16-8-7-15(12-18(16)24-9-4-10-29(24,26)27)22-20(25)17-13-28-19(23-17)11-14-5-2-1-3-6-14/h1-3,5-8,12-13H,4,9-11H2,(H,22,25). The third-order valence-electron chi connectivity index (χ3n) is 4.55. The highest BCUT2D eigenvalue weighted by atomic mass is 32.2. The Morgan fingerprint density at radius 2 is 2.00 bits per heavy atom. The molecule has 0 saturated carbocycles. The van der Waals surface area contributed by atoms with Gasteiger partial charge in [0, 0.05) is 24.0 Å². The summed E-state index contributed by atoms with van der Waals surface area (Å²) in [5.74, 6) is -1.08. The van der Waals surface area contributed by atoms with Gasteiger partial charge < -0.3 is 5.32 Å². The van der Waals surface area contributed by atoms with Gasteiger partial charge in [0.15, 0.2) is 0 Å². The zero-order valence-corrected chi connectivity index (χ0v) is 17.0.